The van der Waals surface area contributed by atoms with Crippen molar-refractivity contribution in [3.05, 3.63) is 65.7 Å². The van der Waals surface area contributed by atoms with Gasteiger partial charge in [0, 0.05) is 31.0 Å². The lowest BCUT2D eigenvalue weighted by Crippen LogP contribution is -2.35. The third-order valence-corrected chi connectivity index (χ3v) is 5.10. The normalized spacial score (nSPS) is 21.2. The van der Waals surface area contributed by atoms with E-state index in [9.17, 15) is 4.79 Å². The second-order valence-electron chi connectivity index (χ2n) is 6.82. The molecule has 1 aliphatic heterocycles. The number of hydrogen-bond acceptors (Lipinski definition) is 3. The summed E-state index contributed by atoms with van der Waals surface area (Å²) >= 11 is 0. The predicted molar refractivity (Wildman–Crippen MR) is 99.5 cm³/mol. The minimum absolute atomic E-state index is 0.139. The number of hydrogen-bond donors (Lipinski definition) is 1. The molecule has 0 bridgehead atoms. The Morgan fingerprint density at radius 3 is 2.52 bits per heavy atom. The van der Waals surface area contributed by atoms with Crippen molar-refractivity contribution in [2.24, 2.45) is 5.73 Å². The Morgan fingerprint density at radius 2 is 1.88 bits per heavy atom. The number of carbonyl (C=O) groups is 1. The van der Waals surface area contributed by atoms with Crippen molar-refractivity contribution in [2.75, 3.05) is 13.7 Å². The van der Waals surface area contributed by atoms with Crippen LogP contribution in [0.15, 0.2) is 54.6 Å². The van der Waals surface area contributed by atoms with Gasteiger partial charge in [0.1, 0.15) is 5.75 Å². The molecule has 0 saturated carbocycles. The zero-order valence-electron chi connectivity index (χ0n) is 14.9. The fourth-order valence-electron chi connectivity index (χ4n) is 3.62. The monoisotopic (exact) mass is 338 g/mol. The molecule has 0 unspecified atom stereocenters. The van der Waals surface area contributed by atoms with Gasteiger partial charge in [0.15, 0.2) is 0 Å². The van der Waals surface area contributed by atoms with Crippen molar-refractivity contribution < 1.29 is 9.53 Å². The molecule has 1 amide bonds. The van der Waals surface area contributed by atoms with E-state index in [1.165, 1.54) is 5.56 Å². The second kappa shape index (κ2) is 7.70. The first-order chi connectivity index (χ1) is 12.1. The van der Waals surface area contributed by atoms with Gasteiger partial charge < -0.3 is 15.4 Å². The van der Waals surface area contributed by atoms with Crippen LogP contribution in [-0.4, -0.2) is 30.5 Å². The van der Waals surface area contributed by atoms with E-state index in [4.69, 9.17) is 10.5 Å². The summed E-state index contributed by atoms with van der Waals surface area (Å²) in [6.45, 7) is 2.88. The number of nitrogens with zero attached hydrogens (tertiary/aromatic N) is 1. The van der Waals surface area contributed by atoms with Crippen LogP contribution in [0.3, 0.4) is 0 Å². The molecule has 3 rings (SSSR count). The largest absolute Gasteiger partial charge is 0.497 e. The minimum atomic E-state index is -0.249. The van der Waals surface area contributed by atoms with Crippen LogP contribution in [0.5, 0.6) is 5.75 Å². The molecule has 132 valence electrons. The molecule has 2 aromatic carbocycles. The molecule has 3 atom stereocenters. The molecule has 0 spiro atoms. The van der Waals surface area contributed by atoms with Crippen LogP contribution in [0.4, 0.5) is 0 Å². The average Bonchev–Trinajstić information content (AvgIpc) is 3.04. The molecular formula is C21H26N2O2. The van der Waals surface area contributed by atoms with Crippen LogP contribution in [-0.2, 0) is 4.79 Å². The van der Waals surface area contributed by atoms with Gasteiger partial charge in [-0.1, -0.05) is 42.5 Å². The van der Waals surface area contributed by atoms with Gasteiger partial charge in [-0.3, -0.25) is 4.79 Å². The smallest absolute Gasteiger partial charge is 0.224 e. The molecule has 4 nitrogen and oxygen atoms in total. The lowest BCUT2D eigenvalue weighted by atomic mass is 9.97. The van der Waals surface area contributed by atoms with Gasteiger partial charge in [-0.05, 0) is 36.6 Å². The van der Waals surface area contributed by atoms with Crippen LogP contribution in [0.1, 0.15) is 42.9 Å². The third kappa shape index (κ3) is 4.02. The highest BCUT2D eigenvalue weighted by molar-refractivity contribution is 5.78. The van der Waals surface area contributed by atoms with E-state index in [1.54, 1.807) is 7.11 Å². The van der Waals surface area contributed by atoms with Crippen LogP contribution in [0.2, 0.25) is 0 Å². The van der Waals surface area contributed by atoms with E-state index < -0.39 is 0 Å². The van der Waals surface area contributed by atoms with Gasteiger partial charge in [-0.15, -0.1) is 0 Å². The molecular weight excluding hydrogens is 312 g/mol. The van der Waals surface area contributed by atoms with E-state index >= 15 is 0 Å². The van der Waals surface area contributed by atoms with E-state index in [1.807, 2.05) is 47.4 Å². The number of likely N-dealkylation sites (tertiary alicyclic amines) is 1. The highest BCUT2D eigenvalue weighted by Gasteiger charge is 2.33. The second-order valence-corrected chi connectivity index (χ2v) is 6.82. The lowest BCUT2D eigenvalue weighted by Gasteiger charge is -2.23. The highest BCUT2D eigenvalue weighted by atomic mass is 16.5. The molecule has 2 N–H and O–H groups in total. The predicted octanol–water partition coefficient (Wildman–Crippen LogP) is 3.49. The van der Waals surface area contributed by atoms with Gasteiger partial charge in [0.05, 0.1) is 7.11 Å². The summed E-state index contributed by atoms with van der Waals surface area (Å²) in [5.74, 6) is 1.37. The number of rotatable bonds is 5. The number of nitrogens with two attached hydrogens (primary N) is 1. The maximum Gasteiger partial charge on any atom is 0.224 e. The first-order valence-electron chi connectivity index (χ1n) is 8.82. The Labute approximate surface area is 149 Å². The van der Waals surface area contributed by atoms with Crippen molar-refractivity contribution in [1.29, 1.82) is 0 Å². The van der Waals surface area contributed by atoms with Gasteiger partial charge >= 0.3 is 0 Å². The van der Waals surface area contributed by atoms with E-state index in [0.717, 1.165) is 24.3 Å². The molecule has 25 heavy (non-hydrogen) atoms. The summed E-state index contributed by atoms with van der Waals surface area (Å²) in [4.78, 5) is 14.7. The van der Waals surface area contributed by atoms with Gasteiger partial charge in [0.25, 0.3) is 0 Å². The van der Waals surface area contributed by atoms with E-state index in [2.05, 4.69) is 19.1 Å². The van der Waals surface area contributed by atoms with Crippen molar-refractivity contribution >= 4 is 5.91 Å². The molecule has 1 heterocycles. The summed E-state index contributed by atoms with van der Waals surface area (Å²) in [5, 5.41) is 0. The first-order valence-corrected chi connectivity index (χ1v) is 8.82. The molecule has 1 aliphatic rings. The Balaban J connectivity index is 1.63. The number of carbonyl (C=O) groups excluding carboxylic acids is 1. The molecule has 0 radical (unpaired) electrons. The summed E-state index contributed by atoms with van der Waals surface area (Å²) in [7, 11) is 1.67. The number of benzene rings is 2. The van der Waals surface area contributed by atoms with E-state index in [-0.39, 0.29) is 18.0 Å². The SMILES string of the molecule is COc1ccc([C@@H]2C[C@@H](C)N(C(=O)C[C@@H](N)c3ccccc3)C2)cc1. The van der Waals surface area contributed by atoms with E-state index in [0.29, 0.717) is 12.3 Å². The fraction of sp³-hybridized carbons (Fsp3) is 0.381. The fourth-order valence-corrected chi connectivity index (χ4v) is 3.62. The van der Waals surface area contributed by atoms with Crippen molar-refractivity contribution in [3.63, 3.8) is 0 Å². The van der Waals surface area contributed by atoms with Gasteiger partial charge in [0.2, 0.25) is 5.91 Å². The molecule has 0 aliphatic carbocycles. The number of methoxy groups -OCH3 is 1. The van der Waals surface area contributed by atoms with Crippen LogP contribution in [0.25, 0.3) is 0 Å². The quantitative estimate of drug-likeness (QED) is 0.908. The topological polar surface area (TPSA) is 55.6 Å². The summed E-state index contributed by atoms with van der Waals surface area (Å²) < 4.78 is 5.22. The molecule has 2 aromatic rings. The maximum absolute atomic E-state index is 12.7. The third-order valence-electron chi connectivity index (χ3n) is 5.10. The van der Waals surface area contributed by atoms with Crippen LogP contribution in [0, 0.1) is 0 Å². The Kier molecular flexibility index (Phi) is 5.39. The average molecular weight is 338 g/mol. The lowest BCUT2D eigenvalue weighted by molar-refractivity contribution is -0.132. The summed E-state index contributed by atoms with van der Waals surface area (Å²) in [6.07, 6.45) is 1.34. The zero-order valence-corrected chi connectivity index (χ0v) is 14.9. The standard InChI is InChI=1S/C21H26N2O2/c1-15-12-18(16-8-10-19(25-2)11-9-16)14-23(15)21(24)13-20(22)17-6-4-3-5-7-17/h3-11,15,18,20H,12-14,22H2,1-2H3/t15-,18-,20-/m1/s1. The van der Waals surface area contributed by atoms with Gasteiger partial charge in [-0.2, -0.15) is 0 Å². The van der Waals surface area contributed by atoms with Crippen molar-refractivity contribution in [2.45, 2.75) is 37.8 Å². The van der Waals surface area contributed by atoms with Crippen molar-refractivity contribution in [3.8, 4) is 5.75 Å². The highest BCUT2D eigenvalue weighted by Crippen LogP contribution is 2.33. The van der Waals surface area contributed by atoms with Crippen LogP contribution < -0.4 is 10.5 Å². The molecule has 4 heteroatoms. The maximum atomic E-state index is 12.7. The number of amides is 1. The molecule has 1 saturated heterocycles. The Hall–Kier alpha value is -2.33. The number of ether oxygens (including phenoxy) is 1. The molecule has 0 aromatic heterocycles. The van der Waals surface area contributed by atoms with Crippen molar-refractivity contribution in [1.82, 2.24) is 4.90 Å². The molecule has 1 fully saturated rings. The minimum Gasteiger partial charge on any atom is -0.497 e. The first kappa shape index (κ1) is 17.5. The van der Waals surface area contributed by atoms with Crippen LogP contribution >= 0.6 is 0 Å². The Bertz CT molecular complexity index is 700. The zero-order chi connectivity index (χ0) is 17.8. The van der Waals surface area contributed by atoms with Gasteiger partial charge in [-0.25, -0.2) is 0 Å². The summed E-state index contributed by atoms with van der Waals surface area (Å²) in [6, 6.07) is 18.0. The Morgan fingerprint density at radius 1 is 1.20 bits per heavy atom. The summed E-state index contributed by atoms with van der Waals surface area (Å²) in [5.41, 5.74) is 8.49.